The Morgan fingerprint density at radius 2 is 2.22 bits per heavy atom. The van der Waals surface area contributed by atoms with Crippen molar-refractivity contribution in [2.75, 3.05) is 26.0 Å². The Kier molecular flexibility index (Phi) is 4.11. The van der Waals surface area contributed by atoms with Gasteiger partial charge in [-0.05, 0) is 14.1 Å². The van der Waals surface area contributed by atoms with Crippen molar-refractivity contribution in [2.24, 2.45) is 0 Å². The van der Waals surface area contributed by atoms with E-state index < -0.39 is 0 Å². The molecule has 0 spiro atoms. The maximum Gasteiger partial charge on any atom is 0.152 e. The predicted octanol–water partition coefficient (Wildman–Crippen LogP) is 1.63. The first-order valence-electron chi connectivity index (χ1n) is 5.55. The summed E-state index contributed by atoms with van der Waals surface area (Å²) in [5, 5.41) is 7.84. The van der Waals surface area contributed by atoms with Crippen LogP contribution < -0.4 is 5.32 Å². The molecule has 0 saturated carbocycles. The minimum absolute atomic E-state index is 0.485. The number of halogens is 1. The molecule has 0 saturated heterocycles. The lowest BCUT2D eigenvalue weighted by molar-refractivity contribution is 0.373. The van der Waals surface area contributed by atoms with Crippen molar-refractivity contribution in [3.8, 4) is 0 Å². The van der Waals surface area contributed by atoms with Gasteiger partial charge >= 0.3 is 0 Å². The highest BCUT2D eigenvalue weighted by Gasteiger charge is 2.04. The van der Waals surface area contributed by atoms with Crippen LogP contribution in [0.1, 0.15) is 0 Å². The number of hydrogen-bond acceptors (Lipinski definition) is 5. The monoisotopic (exact) mass is 266 g/mol. The zero-order chi connectivity index (χ0) is 13.0. The first kappa shape index (κ1) is 12.8. The fraction of sp³-hybridized carbons (Fsp3) is 0.364. The highest BCUT2D eigenvalue weighted by molar-refractivity contribution is 6.32. The van der Waals surface area contributed by atoms with Crippen LogP contribution in [0.25, 0.3) is 0 Å². The molecule has 2 aromatic rings. The third-order valence-corrected chi connectivity index (χ3v) is 2.62. The van der Waals surface area contributed by atoms with Gasteiger partial charge in [0.25, 0.3) is 0 Å². The van der Waals surface area contributed by atoms with E-state index in [9.17, 15) is 0 Å². The molecule has 1 N–H and O–H groups in total. The van der Waals surface area contributed by atoms with E-state index in [0.717, 1.165) is 18.8 Å². The van der Waals surface area contributed by atoms with Crippen molar-refractivity contribution in [1.82, 2.24) is 24.6 Å². The number of hydrogen-bond donors (Lipinski definition) is 1. The number of anilines is 2. The van der Waals surface area contributed by atoms with Crippen LogP contribution in [-0.2, 0) is 6.54 Å². The van der Waals surface area contributed by atoms with Gasteiger partial charge in [0.05, 0.1) is 24.6 Å². The molecule has 0 unspecified atom stereocenters. The van der Waals surface area contributed by atoms with E-state index >= 15 is 0 Å². The van der Waals surface area contributed by atoms with E-state index in [4.69, 9.17) is 11.6 Å². The van der Waals surface area contributed by atoms with Crippen LogP contribution in [-0.4, -0.2) is 45.3 Å². The molecule has 0 aliphatic heterocycles. The zero-order valence-electron chi connectivity index (χ0n) is 10.3. The standard InChI is InChI=1S/C11H15ClN6/c1-17(2)3-4-18-7-9(5-15-18)16-11-10(12)6-13-8-14-11/h5-8H,3-4H2,1-2H3,(H,13,14,16). The van der Waals surface area contributed by atoms with Crippen LogP contribution in [0.2, 0.25) is 5.02 Å². The lowest BCUT2D eigenvalue weighted by atomic mass is 10.5. The van der Waals surface area contributed by atoms with Crippen LogP contribution in [0.3, 0.4) is 0 Å². The number of nitrogens with zero attached hydrogens (tertiary/aromatic N) is 5. The van der Waals surface area contributed by atoms with Crippen LogP contribution in [0.15, 0.2) is 24.9 Å². The predicted molar refractivity (Wildman–Crippen MR) is 71.1 cm³/mol. The van der Waals surface area contributed by atoms with Gasteiger partial charge < -0.3 is 10.2 Å². The minimum Gasteiger partial charge on any atom is -0.336 e. The number of rotatable bonds is 5. The molecule has 0 bridgehead atoms. The largest absolute Gasteiger partial charge is 0.336 e. The molecule has 0 atom stereocenters. The Morgan fingerprint density at radius 1 is 1.39 bits per heavy atom. The van der Waals surface area contributed by atoms with Gasteiger partial charge in [-0.3, -0.25) is 4.68 Å². The molecule has 0 aromatic carbocycles. The lowest BCUT2D eigenvalue weighted by Gasteiger charge is -2.08. The number of likely N-dealkylation sites (N-methyl/N-ethyl adjacent to an activating group) is 1. The molecule has 0 aliphatic carbocycles. The second-order valence-electron chi connectivity index (χ2n) is 4.14. The molecule has 0 fully saturated rings. The van der Waals surface area contributed by atoms with E-state index in [2.05, 4.69) is 25.3 Å². The Hall–Kier alpha value is -1.66. The molecule has 0 radical (unpaired) electrons. The summed E-state index contributed by atoms with van der Waals surface area (Å²) < 4.78 is 1.87. The third-order valence-electron chi connectivity index (χ3n) is 2.34. The van der Waals surface area contributed by atoms with E-state index in [1.807, 2.05) is 25.0 Å². The summed E-state index contributed by atoms with van der Waals surface area (Å²) in [5.74, 6) is 0.582. The fourth-order valence-electron chi connectivity index (χ4n) is 1.39. The van der Waals surface area contributed by atoms with Crippen LogP contribution in [0.5, 0.6) is 0 Å². The second-order valence-corrected chi connectivity index (χ2v) is 4.55. The van der Waals surface area contributed by atoms with Crippen LogP contribution in [0.4, 0.5) is 11.5 Å². The van der Waals surface area contributed by atoms with E-state index in [1.54, 1.807) is 12.4 Å². The molecule has 2 heterocycles. The van der Waals surface area contributed by atoms with Gasteiger partial charge in [-0.15, -0.1) is 0 Å². The van der Waals surface area contributed by atoms with Crippen LogP contribution in [0, 0.1) is 0 Å². The van der Waals surface area contributed by atoms with Crippen molar-refractivity contribution in [1.29, 1.82) is 0 Å². The van der Waals surface area contributed by atoms with E-state index in [0.29, 0.717) is 10.8 Å². The highest BCUT2D eigenvalue weighted by Crippen LogP contribution is 2.20. The van der Waals surface area contributed by atoms with Crippen molar-refractivity contribution in [3.63, 3.8) is 0 Å². The van der Waals surface area contributed by atoms with Gasteiger partial charge in [0.1, 0.15) is 11.3 Å². The summed E-state index contributed by atoms with van der Waals surface area (Å²) in [6, 6.07) is 0. The van der Waals surface area contributed by atoms with Crippen molar-refractivity contribution >= 4 is 23.1 Å². The average Bonchev–Trinajstić information content (AvgIpc) is 2.77. The van der Waals surface area contributed by atoms with E-state index in [1.165, 1.54) is 6.33 Å². The van der Waals surface area contributed by atoms with Crippen molar-refractivity contribution in [2.45, 2.75) is 6.54 Å². The van der Waals surface area contributed by atoms with Gasteiger partial charge in [0.15, 0.2) is 5.82 Å². The molecule has 18 heavy (non-hydrogen) atoms. The Balaban J connectivity index is 2.00. The summed E-state index contributed by atoms with van der Waals surface area (Å²) >= 11 is 5.96. The molecule has 2 rings (SSSR count). The molecule has 0 amide bonds. The molecular formula is C11H15ClN6. The molecule has 96 valence electrons. The second kappa shape index (κ2) is 5.79. The first-order chi connectivity index (χ1) is 8.65. The number of nitrogens with one attached hydrogen (secondary N) is 1. The molecule has 0 aliphatic rings. The average molecular weight is 267 g/mol. The van der Waals surface area contributed by atoms with Gasteiger partial charge in [-0.1, -0.05) is 11.6 Å². The Morgan fingerprint density at radius 3 is 2.94 bits per heavy atom. The van der Waals surface area contributed by atoms with Gasteiger partial charge in [0, 0.05) is 12.7 Å². The highest BCUT2D eigenvalue weighted by atomic mass is 35.5. The number of aromatic nitrogens is 4. The Labute approximate surface area is 111 Å². The Bertz CT molecular complexity index is 510. The lowest BCUT2D eigenvalue weighted by Crippen LogP contribution is -2.18. The van der Waals surface area contributed by atoms with E-state index in [-0.39, 0.29) is 0 Å². The first-order valence-corrected chi connectivity index (χ1v) is 5.92. The smallest absolute Gasteiger partial charge is 0.152 e. The summed E-state index contributed by atoms with van der Waals surface area (Å²) in [7, 11) is 4.06. The summed E-state index contributed by atoms with van der Waals surface area (Å²) in [6.07, 6.45) is 6.66. The van der Waals surface area contributed by atoms with Gasteiger partial charge in [0.2, 0.25) is 0 Å². The SMILES string of the molecule is CN(C)CCn1cc(Nc2ncncc2Cl)cn1. The molecule has 2 aromatic heterocycles. The minimum atomic E-state index is 0.485. The van der Waals surface area contributed by atoms with Crippen molar-refractivity contribution < 1.29 is 0 Å². The molecular weight excluding hydrogens is 252 g/mol. The van der Waals surface area contributed by atoms with Crippen molar-refractivity contribution in [3.05, 3.63) is 29.9 Å². The quantitative estimate of drug-likeness (QED) is 0.891. The summed E-state index contributed by atoms with van der Waals surface area (Å²) in [5.41, 5.74) is 0.856. The van der Waals surface area contributed by atoms with Gasteiger partial charge in [-0.25, -0.2) is 9.97 Å². The molecule has 6 nitrogen and oxygen atoms in total. The summed E-state index contributed by atoms with van der Waals surface area (Å²) in [6.45, 7) is 1.78. The molecule has 7 heteroatoms. The maximum atomic E-state index is 5.96. The topological polar surface area (TPSA) is 58.9 Å². The summed E-state index contributed by atoms with van der Waals surface area (Å²) in [4.78, 5) is 10.00. The van der Waals surface area contributed by atoms with Crippen LogP contribution >= 0.6 is 11.6 Å². The van der Waals surface area contributed by atoms with Gasteiger partial charge in [-0.2, -0.15) is 5.10 Å². The third kappa shape index (κ3) is 3.41. The normalized spacial score (nSPS) is 10.9. The fourth-order valence-corrected chi connectivity index (χ4v) is 1.55. The zero-order valence-corrected chi connectivity index (χ0v) is 11.1. The maximum absolute atomic E-state index is 5.96.